The van der Waals surface area contributed by atoms with Crippen molar-refractivity contribution in [1.29, 1.82) is 0 Å². The predicted molar refractivity (Wildman–Crippen MR) is 90.7 cm³/mol. The van der Waals surface area contributed by atoms with Crippen LogP contribution in [0.5, 0.6) is 5.75 Å². The average Bonchev–Trinajstić information content (AvgIpc) is 2.60. The molecule has 0 unspecified atom stereocenters. The first-order valence-corrected chi connectivity index (χ1v) is 7.64. The number of ether oxygens (including phenoxy) is 1. The van der Waals surface area contributed by atoms with Crippen molar-refractivity contribution in [2.24, 2.45) is 0 Å². The van der Waals surface area contributed by atoms with Gasteiger partial charge in [0.15, 0.2) is 0 Å². The number of carboxylic acids is 1. The highest BCUT2D eigenvalue weighted by Crippen LogP contribution is 2.31. The minimum atomic E-state index is -1.28. The number of aromatic carboxylic acids is 1. The minimum Gasteiger partial charge on any atom is -0.494 e. The summed E-state index contributed by atoms with van der Waals surface area (Å²) in [6, 6.07) is 13.9. The average molecular weight is 324 g/mol. The molecule has 0 saturated carbocycles. The lowest BCUT2D eigenvalue weighted by molar-refractivity contribution is 0.0659. The first-order chi connectivity index (χ1) is 11.6. The number of hydrogen-bond donors (Lipinski definition) is 1. The van der Waals surface area contributed by atoms with Crippen LogP contribution >= 0.6 is 0 Å². The van der Waals surface area contributed by atoms with Gasteiger partial charge in [-0.2, -0.15) is 0 Å². The van der Waals surface area contributed by atoms with Crippen LogP contribution in [0.25, 0.3) is 21.9 Å². The van der Waals surface area contributed by atoms with Gasteiger partial charge in [0.2, 0.25) is 5.76 Å². The number of benzene rings is 2. The smallest absolute Gasteiger partial charge is 0.372 e. The van der Waals surface area contributed by atoms with Gasteiger partial charge >= 0.3 is 11.6 Å². The molecule has 1 heterocycles. The van der Waals surface area contributed by atoms with Crippen molar-refractivity contribution >= 4 is 16.7 Å². The van der Waals surface area contributed by atoms with Crippen molar-refractivity contribution in [3.8, 4) is 16.9 Å². The molecule has 0 aliphatic heterocycles. The summed E-state index contributed by atoms with van der Waals surface area (Å²) in [5.41, 5.74) is 0.380. The third-order valence-corrected chi connectivity index (χ3v) is 3.65. The fourth-order valence-electron chi connectivity index (χ4n) is 2.58. The highest BCUT2D eigenvalue weighted by Gasteiger charge is 2.20. The van der Waals surface area contributed by atoms with Crippen molar-refractivity contribution in [1.82, 2.24) is 0 Å². The zero-order chi connectivity index (χ0) is 17.1. The number of carbonyl (C=O) groups is 1. The van der Waals surface area contributed by atoms with E-state index in [9.17, 15) is 14.7 Å². The lowest BCUT2D eigenvalue weighted by atomic mass is 9.98. The molecular weight excluding hydrogens is 308 g/mol. The quantitative estimate of drug-likeness (QED) is 0.769. The SMILES string of the molecule is CCCOc1ccc(-c2c(C(=O)O)oc(=O)c3ccccc23)cc1. The molecule has 1 N–H and O–H groups in total. The summed E-state index contributed by atoms with van der Waals surface area (Å²) in [6.45, 7) is 2.63. The van der Waals surface area contributed by atoms with E-state index in [0.29, 0.717) is 34.3 Å². The molecule has 0 atom stereocenters. The fraction of sp³-hybridized carbons (Fsp3) is 0.158. The summed E-state index contributed by atoms with van der Waals surface area (Å²) in [4.78, 5) is 23.6. The van der Waals surface area contributed by atoms with Crippen LogP contribution in [0.4, 0.5) is 0 Å². The maximum atomic E-state index is 12.0. The number of rotatable bonds is 5. The van der Waals surface area contributed by atoms with E-state index in [-0.39, 0.29) is 5.76 Å². The summed E-state index contributed by atoms with van der Waals surface area (Å²) in [7, 11) is 0. The molecule has 0 fully saturated rings. The van der Waals surface area contributed by atoms with E-state index >= 15 is 0 Å². The third kappa shape index (κ3) is 2.88. The maximum Gasteiger partial charge on any atom is 0.372 e. The van der Waals surface area contributed by atoms with E-state index in [1.54, 1.807) is 48.5 Å². The fourth-order valence-corrected chi connectivity index (χ4v) is 2.58. The van der Waals surface area contributed by atoms with Gasteiger partial charge in [0.1, 0.15) is 5.75 Å². The summed E-state index contributed by atoms with van der Waals surface area (Å²) in [5, 5.41) is 10.3. The summed E-state index contributed by atoms with van der Waals surface area (Å²) in [6.07, 6.45) is 0.902. The molecule has 5 nitrogen and oxygen atoms in total. The molecule has 3 rings (SSSR count). The van der Waals surface area contributed by atoms with Crippen molar-refractivity contribution < 1.29 is 19.1 Å². The van der Waals surface area contributed by atoms with Gasteiger partial charge in [0, 0.05) is 10.9 Å². The van der Waals surface area contributed by atoms with E-state index in [1.165, 1.54) is 0 Å². The maximum absolute atomic E-state index is 12.0. The van der Waals surface area contributed by atoms with Crippen LogP contribution in [0, 0.1) is 0 Å². The molecule has 0 aliphatic rings. The van der Waals surface area contributed by atoms with Gasteiger partial charge in [0.25, 0.3) is 0 Å². The van der Waals surface area contributed by atoms with Gasteiger partial charge < -0.3 is 14.3 Å². The predicted octanol–water partition coefficient (Wildman–Crippen LogP) is 3.95. The lowest BCUT2D eigenvalue weighted by Crippen LogP contribution is -2.09. The Labute approximate surface area is 138 Å². The van der Waals surface area contributed by atoms with E-state index in [2.05, 4.69) is 0 Å². The molecule has 1 aromatic heterocycles. The van der Waals surface area contributed by atoms with Gasteiger partial charge in [-0.15, -0.1) is 0 Å². The molecule has 2 aromatic carbocycles. The van der Waals surface area contributed by atoms with Gasteiger partial charge in [-0.3, -0.25) is 0 Å². The van der Waals surface area contributed by atoms with Crippen molar-refractivity contribution in [3.63, 3.8) is 0 Å². The normalized spacial score (nSPS) is 10.7. The first-order valence-electron chi connectivity index (χ1n) is 7.64. The zero-order valence-electron chi connectivity index (χ0n) is 13.1. The standard InChI is InChI=1S/C19H16O5/c1-2-11-23-13-9-7-12(8-10-13)16-14-5-3-4-6-15(14)19(22)24-17(16)18(20)21/h3-10H,2,11H2,1H3,(H,20,21). The zero-order valence-corrected chi connectivity index (χ0v) is 13.1. The third-order valence-electron chi connectivity index (χ3n) is 3.65. The molecule has 5 heteroatoms. The second kappa shape index (κ2) is 6.58. The van der Waals surface area contributed by atoms with Crippen molar-refractivity contribution in [2.75, 3.05) is 6.61 Å². The Morgan fingerprint density at radius 2 is 1.75 bits per heavy atom. The molecule has 24 heavy (non-hydrogen) atoms. The van der Waals surface area contributed by atoms with Crippen LogP contribution < -0.4 is 10.4 Å². The Hall–Kier alpha value is -3.08. The van der Waals surface area contributed by atoms with Crippen molar-refractivity contribution in [2.45, 2.75) is 13.3 Å². The van der Waals surface area contributed by atoms with E-state index in [0.717, 1.165) is 6.42 Å². The molecule has 0 radical (unpaired) electrons. The molecule has 122 valence electrons. The van der Waals surface area contributed by atoms with Crippen LogP contribution in [-0.4, -0.2) is 17.7 Å². The molecule has 0 bridgehead atoms. The van der Waals surface area contributed by atoms with Gasteiger partial charge in [-0.25, -0.2) is 9.59 Å². The topological polar surface area (TPSA) is 76.7 Å². The van der Waals surface area contributed by atoms with Gasteiger partial charge in [-0.05, 0) is 30.2 Å². The van der Waals surface area contributed by atoms with Crippen LogP contribution in [0.2, 0.25) is 0 Å². The monoisotopic (exact) mass is 324 g/mol. The second-order valence-electron chi connectivity index (χ2n) is 5.32. The Bertz CT molecular complexity index is 938. The van der Waals surface area contributed by atoms with Gasteiger partial charge in [-0.1, -0.05) is 37.3 Å². The van der Waals surface area contributed by atoms with Crippen LogP contribution in [-0.2, 0) is 0 Å². The van der Waals surface area contributed by atoms with Gasteiger partial charge in [0.05, 0.1) is 12.0 Å². The second-order valence-corrected chi connectivity index (χ2v) is 5.32. The van der Waals surface area contributed by atoms with Crippen LogP contribution in [0.15, 0.2) is 57.7 Å². The lowest BCUT2D eigenvalue weighted by Gasteiger charge is -2.10. The number of hydrogen-bond acceptors (Lipinski definition) is 4. The van der Waals surface area contributed by atoms with Crippen LogP contribution in [0.3, 0.4) is 0 Å². The van der Waals surface area contributed by atoms with E-state index in [4.69, 9.17) is 9.15 Å². The summed E-state index contributed by atoms with van der Waals surface area (Å²) < 4.78 is 10.6. The van der Waals surface area contributed by atoms with E-state index in [1.807, 2.05) is 6.92 Å². The molecule has 0 saturated heterocycles. The number of carboxylic acid groups (broad SMARTS) is 1. The Kier molecular flexibility index (Phi) is 4.33. The first kappa shape index (κ1) is 15.8. The Balaban J connectivity index is 2.20. The molecule has 0 spiro atoms. The summed E-state index contributed by atoms with van der Waals surface area (Å²) >= 11 is 0. The van der Waals surface area contributed by atoms with Crippen LogP contribution in [0.1, 0.15) is 23.9 Å². The number of fused-ring (bicyclic) bond motifs is 1. The highest BCUT2D eigenvalue weighted by atomic mass is 16.5. The summed E-state index contributed by atoms with van der Waals surface area (Å²) in [5.74, 6) is -0.931. The highest BCUT2D eigenvalue weighted by molar-refractivity contribution is 6.04. The molecule has 0 aliphatic carbocycles. The molecular formula is C19H16O5. The van der Waals surface area contributed by atoms with Crippen molar-refractivity contribution in [3.05, 3.63) is 64.7 Å². The van der Waals surface area contributed by atoms with E-state index < -0.39 is 11.6 Å². The molecule has 3 aromatic rings. The Morgan fingerprint density at radius 3 is 2.38 bits per heavy atom. The Morgan fingerprint density at radius 1 is 1.08 bits per heavy atom. The minimum absolute atomic E-state index is 0.351. The molecule has 0 amide bonds. The largest absolute Gasteiger partial charge is 0.494 e.